The molecule has 9 aromatic rings. The predicted octanol–water partition coefficient (Wildman–Crippen LogP) is 14.4. The Kier molecular flexibility index (Phi) is 7.34. The number of rotatable bonds is 6. The number of aromatic nitrogens is 1. The first-order valence-electron chi connectivity index (χ1n) is 19.1. The van der Waals surface area contributed by atoms with E-state index in [1.807, 2.05) is 12.4 Å². The molecular formula is C53H36N2. The number of benzene rings is 8. The van der Waals surface area contributed by atoms with E-state index >= 15 is 0 Å². The SMILES string of the molecule is C1=Cc2c(-c3ccc(N(c4ccncc4)c4cccc5ccccc45)cc3)ccc3c2C(C1)c1c-3c(-c2ccccc2)c2ccccc2c1-c1ccccc1. The van der Waals surface area contributed by atoms with Crippen molar-refractivity contribution in [1.29, 1.82) is 0 Å². The maximum Gasteiger partial charge on any atom is 0.0540 e. The van der Waals surface area contributed by atoms with Crippen LogP contribution in [0.2, 0.25) is 0 Å². The first-order chi connectivity index (χ1) is 27.3. The van der Waals surface area contributed by atoms with Crippen molar-refractivity contribution in [1.82, 2.24) is 4.98 Å². The lowest BCUT2D eigenvalue weighted by molar-refractivity contribution is 0.847. The van der Waals surface area contributed by atoms with Crippen LogP contribution in [0.1, 0.15) is 29.0 Å². The Morgan fingerprint density at radius 2 is 1.04 bits per heavy atom. The van der Waals surface area contributed by atoms with E-state index in [0.29, 0.717) is 0 Å². The maximum absolute atomic E-state index is 4.33. The van der Waals surface area contributed by atoms with E-state index in [-0.39, 0.29) is 5.92 Å². The van der Waals surface area contributed by atoms with E-state index in [2.05, 4.69) is 198 Å². The first-order valence-corrected chi connectivity index (χ1v) is 19.1. The molecule has 2 nitrogen and oxygen atoms in total. The van der Waals surface area contributed by atoms with Crippen LogP contribution in [0.4, 0.5) is 17.1 Å². The lowest BCUT2D eigenvalue weighted by Crippen LogP contribution is -2.10. The van der Waals surface area contributed by atoms with Crippen molar-refractivity contribution in [2.24, 2.45) is 0 Å². The van der Waals surface area contributed by atoms with Crippen molar-refractivity contribution in [3.8, 4) is 44.5 Å². The second kappa shape index (κ2) is 12.8. The number of hydrogen-bond acceptors (Lipinski definition) is 2. The van der Waals surface area contributed by atoms with E-state index in [1.165, 1.54) is 82.7 Å². The van der Waals surface area contributed by atoms with Crippen LogP contribution in [0.5, 0.6) is 0 Å². The molecule has 0 N–H and O–H groups in total. The highest BCUT2D eigenvalue weighted by molar-refractivity contribution is 6.15. The smallest absolute Gasteiger partial charge is 0.0540 e. The van der Waals surface area contributed by atoms with E-state index < -0.39 is 0 Å². The van der Waals surface area contributed by atoms with Gasteiger partial charge in [-0.1, -0.05) is 158 Å². The second-order valence-electron chi connectivity index (χ2n) is 14.6. The highest BCUT2D eigenvalue weighted by Gasteiger charge is 2.38. The molecule has 1 unspecified atom stereocenters. The molecule has 1 aromatic heterocycles. The summed E-state index contributed by atoms with van der Waals surface area (Å²) in [6.45, 7) is 0. The zero-order valence-electron chi connectivity index (χ0n) is 30.2. The molecule has 2 heteroatoms. The number of pyridine rings is 1. The summed E-state index contributed by atoms with van der Waals surface area (Å²) in [5.74, 6) is 0.264. The average molecular weight is 701 g/mol. The van der Waals surface area contributed by atoms with Crippen molar-refractivity contribution in [3.63, 3.8) is 0 Å². The molecule has 0 amide bonds. The van der Waals surface area contributed by atoms with Crippen molar-refractivity contribution >= 4 is 44.7 Å². The summed E-state index contributed by atoms with van der Waals surface area (Å²) in [5.41, 5.74) is 18.0. The van der Waals surface area contributed by atoms with E-state index in [0.717, 1.165) is 23.5 Å². The van der Waals surface area contributed by atoms with Gasteiger partial charge in [-0.25, -0.2) is 0 Å². The number of hydrogen-bond donors (Lipinski definition) is 0. The number of anilines is 3. The molecule has 55 heavy (non-hydrogen) atoms. The van der Waals surface area contributed by atoms with Crippen molar-refractivity contribution in [2.45, 2.75) is 12.3 Å². The molecule has 258 valence electrons. The monoisotopic (exact) mass is 700 g/mol. The fourth-order valence-corrected chi connectivity index (χ4v) is 9.38. The third kappa shape index (κ3) is 4.99. The summed E-state index contributed by atoms with van der Waals surface area (Å²) in [6, 6.07) is 64.3. The Bertz CT molecular complexity index is 2920. The fraction of sp³-hybridized carbons (Fsp3) is 0.0377. The van der Waals surface area contributed by atoms with Crippen LogP contribution >= 0.6 is 0 Å². The summed E-state index contributed by atoms with van der Waals surface area (Å²) in [6.07, 6.45) is 9.50. The summed E-state index contributed by atoms with van der Waals surface area (Å²) < 4.78 is 0. The number of fused-ring (bicyclic) bond motifs is 5. The fourth-order valence-electron chi connectivity index (χ4n) is 9.38. The van der Waals surface area contributed by atoms with Gasteiger partial charge in [0.15, 0.2) is 0 Å². The molecule has 0 saturated carbocycles. The molecule has 0 bridgehead atoms. The minimum Gasteiger partial charge on any atom is -0.310 e. The van der Waals surface area contributed by atoms with Gasteiger partial charge in [-0.2, -0.15) is 0 Å². The van der Waals surface area contributed by atoms with Gasteiger partial charge in [0.2, 0.25) is 0 Å². The summed E-state index contributed by atoms with van der Waals surface area (Å²) >= 11 is 0. The van der Waals surface area contributed by atoms with Crippen molar-refractivity contribution in [2.75, 3.05) is 4.90 Å². The largest absolute Gasteiger partial charge is 0.310 e. The zero-order valence-corrected chi connectivity index (χ0v) is 30.2. The van der Waals surface area contributed by atoms with Crippen LogP contribution in [-0.2, 0) is 0 Å². The molecule has 2 aliphatic carbocycles. The minimum absolute atomic E-state index is 0.264. The molecule has 1 atom stereocenters. The molecule has 0 spiro atoms. The lowest BCUT2D eigenvalue weighted by atomic mass is 9.79. The summed E-state index contributed by atoms with van der Waals surface area (Å²) in [7, 11) is 0. The molecule has 0 radical (unpaired) electrons. The van der Waals surface area contributed by atoms with Gasteiger partial charge < -0.3 is 4.90 Å². The summed E-state index contributed by atoms with van der Waals surface area (Å²) in [5, 5.41) is 5.04. The zero-order chi connectivity index (χ0) is 36.3. The Labute approximate surface area is 321 Å². The van der Waals surface area contributed by atoms with Gasteiger partial charge in [0.05, 0.1) is 5.69 Å². The highest BCUT2D eigenvalue weighted by atomic mass is 15.1. The Morgan fingerprint density at radius 3 is 1.78 bits per heavy atom. The summed E-state index contributed by atoms with van der Waals surface area (Å²) in [4.78, 5) is 6.67. The van der Waals surface area contributed by atoms with Gasteiger partial charge in [0, 0.05) is 35.1 Å². The van der Waals surface area contributed by atoms with Gasteiger partial charge in [-0.15, -0.1) is 0 Å². The molecule has 0 saturated heterocycles. The quantitative estimate of drug-likeness (QED) is 0.172. The van der Waals surface area contributed by atoms with Gasteiger partial charge in [0.1, 0.15) is 0 Å². The minimum atomic E-state index is 0.264. The molecule has 11 rings (SSSR count). The van der Waals surface area contributed by atoms with Gasteiger partial charge in [-0.05, 0) is 114 Å². The molecule has 0 aliphatic heterocycles. The van der Waals surface area contributed by atoms with Crippen LogP contribution < -0.4 is 4.90 Å². The normalized spacial score (nSPS) is 13.9. The van der Waals surface area contributed by atoms with E-state index in [9.17, 15) is 0 Å². The van der Waals surface area contributed by atoms with E-state index in [1.54, 1.807) is 0 Å². The van der Waals surface area contributed by atoms with E-state index in [4.69, 9.17) is 0 Å². The van der Waals surface area contributed by atoms with Crippen LogP contribution in [0.25, 0.3) is 72.1 Å². The number of allylic oxidation sites excluding steroid dienone is 1. The van der Waals surface area contributed by atoms with Crippen LogP contribution in [-0.4, -0.2) is 4.98 Å². The molecular weight excluding hydrogens is 665 g/mol. The third-order valence-electron chi connectivity index (χ3n) is 11.7. The van der Waals surface area contributed by atoms with Gasteiger partial charge in [0.25, 0.3) is 0 Å². The topological polar surface area (TPSA) is 16.1 Å². The van der Waals surface area contributed by atoms with Crippen molar-refractivity contribution < 1.29 is 0 Å². The first kappa shape index (κ1) is 31.5. The third-order valence-corrected chi connectivity index (χ3v) is 11.7. The molecule has 0 fully saturated rings. The molecule has 8 aromatic carbocycles. The van der Waals surface area contributed by atoms with Crippen LogP contribution in [0.15, 0.2) is 194 Å². The molecule has 2 aliphatic rings. The van der Waals surface area contributed by atoms with Gasteiger partial charge in [-0.3, -0.25) is 4.98 Å². The highest BCUT2D eigenvalue weighted by Crippen LogP contribution is 2.59. The second-order valence-corrected chi connectivity index (χ2v) is 14.6. The van der Waals surface area contributed by atoms with Gasteiger partial charge >= 0.3 is 0 Å². The predicted molar refractivity (Wildman–Crippen MR) is 231 cm³/mol. The average Bonchev–Trinajstić information content (AvgIpc) is 3.59. The molecule has 1 heterocycles. The Morgan fingerprint density at radius 1 is 0.436 bits per heavy atom. The van der Waals surface area contributed by atoms with Crippen molar-refractivity contribution in [3.05, 3.63) is 211 Å². The maximum atomic E-state index is 4.33. The standard InChI is InChI=1S/C53H36N2/c1-3-14-37(15-4-1)49-44-20-9-10-21-45(44)50(38-16-5-2-6-17-38)53-47-30-29-41(43-22-12-23-46(51(43)47)52(49)53)36-25-27-39(28-26-36)55(40-31-33-54-34-32-40)48-24-11-18-35-13-7-8-19-42(35)48/h1-22,24-34,46H,23H2. The van der Waals surface area contributed by atoms with Crippen LogP contribution in [0.3, 0.4) is 0 Å². The lowest BCUT2D eigenvalue weighted by Gasteiger charge is -2.27. The Hall–Kier alpha value is -7.03. The number of nitrogens with zero attached hydrogens (tertiary/aromatic N) is 2. The Balaban J connectivity index is 1.10. The van der Waals surface area contributed by atoms with Crippen LogP contribution in [0, 0.1) is 0 Å².